The van der Waals surface area contributed by atoms with Crippen LogP contribution in [-0.2, 0) is 0 Å². The van der Waals surface area contributed by atoms with E-state index in [2.05, 4.69) is 5.10 Å². The molecule has 0 saturated carbocycles. The van der Waals surface area contributed by atoms with E-state index in [1.807, 2.05) is 5.53 Å². The van der Waals surface area contributed by atoms with Crippen LogP contribution in [0.4, 0.5) is 11.4 Å². The molecular weight excluding hydrogens is 232 g/mol. The summed E-state index contributed by atoms with van der Waals surface area (Å²) in [6.07, 6.45) is 0. The number of hydrazine groups is 1. The van der Waals surface area contributed by atoms with E-state index < -0.39 is 21.2 Å². The van der Waals surface area contributed by atoms with Gasteiger partial charge in [0.05, 0.1) is 15.9 Å². The first-order valence-corrected chi connectivity index (χ1v) is 4.18. The molecule has 10 nitrogen and oxygen atoms in total. The third kappa shape index (κ3) is 2.85. The summed E-state index contributed by atoms with van der Waals surface area (Å²) in [6, 6.07) is 2.94. The Hall–Kier alpha value is -2.75. The average Bonchev–Trinajstić information content (AvgIpc) is 2.28. The summed E-state index contributed by atoms with van der Waals surface area (Å²) in [5, 5.41) is 24.5. The predicted octanol–water partition coefficient (Wildman–Crippen LogP) is -0.413. The Labute approximate surface area is 94.2 Å². The molecule has 0 saturated heterocycles. The molecule has 0 aliphatic heterocycles. The molecule has 1 aromatic carbocycles. The van der Waals surface area contributed by atoms with E-state index in [-0.39, 0.29) is 11.4 Å². The first kappa shape index (κ1) is 12.3. The summed E-state index contributed by atoms with van der Waals surface area (Å²) in [7, 11) is 0. The topological polar surface area (TPSA) is 163 Å². The van der Waals surface area contributed by atoms with E-state index in [0.29, 0.717) is 0 Å². The van der Waals surface area contributed by atoms with Gasteiger partial charge in [-0.1, -0.05) is 0 Å². The Bertz CT molecular complexity index is 467. The number of benzene rings is 1. The molecule has 0 aliphatic rings. The summed E-state index contributed by atoms with van der Waals surface area (Å²) in [6.45, 7) is 0. The molecule has 0 aliphatic carbocycles. The maximum Gasteiger partial charge on any atom is 0.277 e. The molecular formula is C7H8N6O4. The minimum absolute atomic E-state index is 0.0313. The van der Waals surface area contributed by atoms with Gasteiger partial charge in [-0.3, -0.25) is 20.2 Å². The highest BCUT2D eigenvalue weighted by molar-refractivity contribution is 5.98. The fraction of sp³-hybridized carbons (Fsp3) is 0. The number of non-ortho nitro benzene ring substituents is 2. The van der Waals surface area contributed by atoms with Crippen LogP contribution >= 0.6 is 0 Å². The fourth-order valence-corrected chi connectivity index (χ4v) is 1.09. The molecule has 1 aromatic rings. The van der Waals surface area contributed by atoms with Gasteiger partial charge >= 0.3 is 0 Å². The normalized spacial score (nSPS) is 11.0. The number of nitro groups is 2. The number of nitrogens with one attached hydrogen (secondary N) is 1. The molecule has 10 heteroatoms. The number of rotatable bonds is 4. The lowest BCUT2D eigenvalue weighted by Gasteiger charge is -2.00. The molecule has 17 heavy (non-hydrogen) atoms. The zero-order valence-electron chi connectivity index (χ0n) is 8.36. The van der Waals surface area contributed by atoms with Crippen LogP contribution in [-0.4, -0.2) is 15.7 Å². The monoisotopic (exact) mass is 240 g/mol. The molecule has 0 spiro atoms. The number of nitro benzene ring substituents is 2. The summed E-state index contributed by atoms with van der Waals surface area (Å²) in [5.74, 6) is 4.68. The first-order valence-electron chi connectivity index (χ1n) is 4.18. The molecule has 0 atom stereocenters. The Morgan fingerprint density at radius 3 is 2.00 bits per heavy atom. The predicted molar refractivity (Wildman–Crippen MR) is 57.8 cm³/mol. The number of hydrogen-bond acceptors (Lipinski definition) is 7. The highest BCUT2D eigenvalue weighted by atomic mass is 16.6. The van der Waals surface area contributed by atoms with Crippen molar-refractivity contribution in [3.8, 4) is 0 Å². The van der Waals surface area contributed by atoms with Gasteiger partial charge in [0.1, 0.15) is 0 Å². The Balaban J connectivity index is 3.36. The van der Waals surface area contributed by atoms with Gasteiger partial charge in [0.15, 0.2) is 5.84 Å². The molecule has 90 valence electrons. The van der Waals surface area contributed by atoms with Crippen molar-refractivity contribution in [1.29, 1.82) is 0 Å². The maximum atomic E-state index is 10.6. The zero-order chi connectivity index (χ0) is 13.0. The van der Waals surface area contributed by atoms with Crippen molar-refractivity contribution in [2.75, 3.05) is 0 Å². The van der Waals surface area contributed by atoms with Crippen molar-refractivity contribution in [2.45, 2.75) is 0 Å². The smallest absolute Gasteiger partial charge is 0.277 e. The fourth-order valence-electron chi connectivity index (χ4n) is 1.09. The number of hydrazone groups is 1. The highest BCUT2D eigenvalue weighted by Crippen LogP contribution is 2.22. The number of nitrogens with zero attached hydrogens (tertiary/aromatic N) is 3. The van der Waals surface area contributed by atoms with Crippen LogP contribution in [0.2, 0.25) is 0 Å². The zero-order valence-corrected chi connectivity index (χ0v) is 8.36. The third-order valence-electron chi connectivity index (χ3n) is 1.80. The van der Waals surface area contributed by atoms with Gasteiger partial charge < -0.3 is 5.73 Å². The Kier molecular flexibility index (Phi) is 3.51. The lowest BCUT2D eigenvalue weighted by atomic mass is 10.1. The van der Waals surface area contributed by atoms with Crippen molar-refractivity contribution < 1.29 is 9.85 Å². The van der Waals surface area contributed by atoms with Crippen LogP contribution in [0.5, 0.6) is 0 Å². The largest absolute Gasteiger partial charge is 0.382 e. The number of hydrogen-bond donors (Lipinski definition) is 3. The van der Waals surface area contributed by atoms with Crippen molar-refractivity contribution in [3.63, 3.8) is 0 Å². The van der Waals surface area contributed by atoms with Crippen molar-refractivity contribution in [1.82, 2.24) is 5.53 Å². The Morgan fingerprint density at radius 2 is 1.65 bits per heavy atom. The van der Waals surface area contributed by atoms with Gasteiger partial charge in [0.25, 0.3) is 11.4 Å². The Morgan fingerprint density at radius 1 is 1.18 bits per heavy atom. The van der Waals surface area contributed by atoms with Gasteiger partial charge in [0.2, 0.25) is 0 Å². The standard InChI is InChI=1S/C7H8N6O4/c8-7(10-11-9)4-1-5(12(14)15)3-6(2-4)13(16)17/h1-3,11H,9H2,(H2,8,10). The quantitative estimate of drug-likeness (QED) is 0.211. The third-order valence-corrected chi connectivity index (χ3v) is 1.80. The van der Waals surface area contributed by atoms with Gasteiger partial charge in [0, 0.05) is 17.7 Å². The molecule has 0 unspecified atom stereocenters. The van der Waals surface area contributed by atoms with E-state index in [4.69, 9.17) is 11.6 Å². The van der Waals surface area contributed by atoms with Crippen LogP contribution in [0.1, 0.15) is 5.56 Å². The van der Waals surface area contributed by atoms with Crippen LogP contribution in [0.15, 0.2) is 23.3 Å². The molecule has 0 heterocycles. The van der Waals surface area contributed by atoms with Crippen molar-refractivity contribution in [2.24, 2.45) is 16.7 Å². The van der Waals surface area contributed by atoms with Crippen LogP contribution in [0.3, 0.4) is 0 Å². The SMILES string of the molecule is NN/N=C(\N)c1cc([N+](=O)[O-])cc([N+](=O)[O-])c1. The van der Waals surface area contributed by atoms with Gasteiger partial charge in [-0.15, -0.1) is 5.10 Å². The van der Waals surface area contributed by atoms with Gasteiger partial charge in [-0.25, -0.2) is 11.4 Å². The lowest BCUT2D eigenvalue weighted by Crippen LogP contribution is -2.23. The summed E-state index contributed by atoms with van der Waals surface area (Å²) >= 11 is 0. The lowest BCUT2D eigenvalue weighted by molar-refractivity contribution is -0.394. The van der Waals surface area contributed by atoms with Crippen LogP contribution in [0.25, 0.3) is 0 Å². The van der Waals surface area contributed by atoms with E-state index in [9.17, 15) is 20.2 Å². The summed E-state index contributed by atoms with van der Waals surface area (Å²) in [4.78, 5) is 19.6. The maximum absolute atomic E-state index is 10.6. The minimum atomic E-state index is -0.764. The minimum Gasteiger partial charge on any atom is -0.382 e. The second-order valence-electron chi connectivity index (χ2n) is 2.88. The average molecular weight is 240 g/mol. The first-order chi connectivity index (χ1) is 7.95. The van der Waals surface area contributed by atoms with Crippen LogP contribution in [0, 0.1) is 20.2 Å². The van der Waals surface area contributed by atoms with E-state index >= 15 is 0 Å². The molecule has 0 bridgehead atoms. The van der Waals surface area contributed by atoms with Crippen LogP contribution < -0.4 is 17.1 Å². The van der Waals surface area contributed by atoms with Crippen molar-refractivity contribution >= 4 is 17.2 Å². The molecule has 0 aromatic heterocycles. The summed E-state index contributed by atoms with van der Waals surface area (Å²) < 4.78 is 0. The van der Waals surface area contributed by atoms with Crippen molar-refractivity contribution in [3.05, 3.63) is 44.0 Å². The summed E-state index contributed by atoms with van der Waals surface area (Å²) in [5.41, 5.74) is 6.42. The van der Waals surface area contributed by atoms with Gasteiger partial charge in [-0.2, -0.15) is 0 Å². The molecule has 0 fully saturated rings. The van der Waals surface area contributed by atoms with Gasteiger partial charge in [-0.05, 0) is 0 Å². The highest BCUT2D eigenvalue weighted by Gasteiger charge is 2.17. The van der Waals surface area contributed by atoms with E-state index in [0.717, 1.165) is 18.2 Å². The number of amidine groups is 1. The molecule has 0 radical (unpaired) electrons. The second kappa shape index (κ2) is 4.85. The second-order valence-corrected chi connectivity index (χ2v) is 2.88. The van der Waals surface area contributed by atoms with E-state index in [1.165, 1.54) is 0 Å². The molecule has 5 N–H and O–H groups in total. The molecule has 1 rings (SSSR count). The van der Waals surface area contributed by atoms with E-state index in [1.54, 1.807) is 0 Å². The molecule has 0 amide bonds. The number of nitrogens with two attached hydrogens (primary N) is 2.